The van der Waals surface area contributed by atoms with Crippen LogP contribution in [0.2, 0.25) is 0 Å². The maximum Gasteiger partial charge on any atom is 0.280 e. The van der Waals surface area contributed by atoms with Crippen molar-refractivity contribution in [3.63, 3.8) is 0 Å². The fourth-order valence-electron chi connectivity index (χ4n) is 3.22. The molecule has 1 saturated heterocycles. The lowest BCUT2D eigenvalue weighted by atomic mass is 10.0. The first kappa shape index (κ1) is 17.3. The SMILES string of the molecule is Cc1noc(-c2cn(C3CCCN(C(=O)c4ccc(C)c(F)c4)C3)nn2)n1. The summed E-state index contributed by atoms with van der Waals surface area (Å²) in [6, 6.07) is 4.58. The Bertz CT molecular complexity index is 982. The van der Waals surface area contributed by atoms with Crippen LogP contribution in [0.1, 0.15) is 40.6 Å². The van der Waals surface area contributed by atoms with Crippen LogP contribution in [0.15, 0.2) is 28.9 Å². The molecule has 0 bridgehead atoms. The van der Waals surface area contributed by atoms with E-state index in [1.54, 1.807) is 41.8 Å². The average Bonchev–Trinajstić information content (AvgIpc) is 3.32. The number of halogens is 1. The van der Waals surface area contributed by atoms with Crippen molar-refractivity contribution in [2.75, 3.05) is 13.1 Å². The molecule has 1 amide bonds. The molecule has 1 atom stereocenters. The fraction of sp³-hybridized carbons (Fsp3) is 0.389. The maximum absolute atomic E-state index is 13.8. The lowest BCUT2D eigenvalue weighted by Crippen LogP contribution is -2.40. The van der Waals surface area contributed by atoms with Crippen molar-refractivity contribution in [3.8, 4) is 11.6 Å². The van der Waals surface area contributed by atoms with Crippen molar-refractivity contribution in [1.29, 1.82) is 0 Å². The summed E-state index contributed by atoms with van der Waals surface area (Å²) in [5, 5.41) is 12.0. The van der Waals surface area contributed by atoms with Gasteiger partial charge in [-0.15, -0.1) is 5.10 Å². The summed E-state index contributed by atoms with van der Waals surface area (Å²) in [6.45, 7) is 4.53. The van der Waals surface area contributed by atoms with Gasteiger partial charge in [0.1, 0.15) is 5.82 Å². The Morgan fingerprint density at radius 2 is 2.19 bits per heavy atom. The monoisotopic (exact) mass is 370 g/mol. The van der Waals surface area contributed by atoms with E-state index in [4.69, 9.17) is 4.52 Å². The van der Waals surface area contributed by atoms with Crippen molar-refractivity contribution >= 4 is 5.91 Å². The first-order chi connectivity index (χ1) is 13.0. The maximum atomic E-state index is 13.8. The molecular weight excluding hydrogens is 351 g/mol. The van der Waals surface area contributed by atoms with Crippen LogP contribution >= 0.6 is 0 Å². The highest BCUT2D eigenvalue weighted by Gasteiger charge is 2.27. The summed E-state index contributed by atoms with van der Waals surface area (Å²) >= 11 is 0. The lowest BCUT2D eigenvalue weighted by molar-refractivity contribution is 0.0671. The molecular formula is C18H19FN6O2. The molecule has 0 aliphatic carbocycles. The summed E-state index contributed by atoms with van der Waals surface area (Å²) < 4.78 is 20.6. The van der Waals surface area contributed by atoms with Gasteiger partial charge in [0.15, 0.2) is 11.5 Å². The van der Waals surface area contributed by atoms with Gasteiger partial charge in [-0.05, 0) is 44.4 Å². The Morgan fingerprint density at radius 3 is 2.93 bits per heavy atom. The highest BCUT2D eigenvalue weighted by atomic mass is 19.1. The van der Waals surface area contributed by atoms with Gasteiger partial charge in [-0.3, -0.25) is 4.79 Å². The number of likely N-dealkylation sites (tertiary alicyclic amines) is 1. The molecule has 0 saturated carbocycles. The minimum Gasteiger partial charge on any atom is -0.336 e. The van der Waals surface area contributed by atoms with Crippen molar-refractivity contribution in [1.82, 2.24) is 30.0 Å². The second-order valence-corrected chi connectivity index (χ2v) is 6.74. The standard InChI is InChI=1S/C18H19FN6O2/c1-11-5-6-13(8-15(11)19)18(26)24-7-3-4-14(9-24)25-10-16(21-23-25)17-20-12(2)22-27-17/h5-6,8,10,14H,3-4,7,9H2,1-2H3. The lowest BCUT2D eigenvalue weighted by Gasteiger charge is -2.32. The van der Waals surface area contributed by atoms with Gasteiger partial charge in [0.05, 0.1) is 12.2 Å². The van der Waals surface area contributed by atoms with Crippen LogP contribution in [0.5, 0.6) is 0 Å². The zero-order valence-electron chi connectivity index (χ0n) is 15.1. The highest BCUT2D eigenvalue weighted by molar-refractivity contribution is 5.94. The number of carbonyl (C=O) groups is 1. The molecule has 2 aromatic heterocycles. The van der Waals surface area contributed by atoms with E-state index in [2.05, 4.69) is 20.5 Å². The van der Waals surface area contributed by atoms with E-state index < -0.39 is 0 Å². The molecule has 1 fully saturated rings. The number of amides is 1. The second kappa shape index (κ2) is 6.90. The molecule has 1 aliphatic heterocycles. The number of piperidine rings is 1. The molecule has 4 rings (SSSR count). The van der Waals surface area contributed by atoms with Crippen LogP contribution < -0.4 is 0 Å². The largest absolute Gasteiger partial charge is 0.336 e. The Kier molecular flexibility index (Phi) is 4.43. The number of aryl methyl sites for hydroxylation is 2. The van der Waals surface area contributed by atoms with E-state index >= 15 is 0 Å². The van der Waals surface area contributed by atoms with Crippen molar-refractivity contribution in [2.24, 2.45) is 0 Å². The third-order valence-corrected chi connectivity index (χ3v) is 4.73. The highest BCUT2D eigenvalue weighted by Crippen LogP contribution is 2.24. The van der Waals surface area contributed by atoms with Crippen LogP contribution in [0, 0.1) is 19.7 Å². The molecule has 1 aromatic carbocycles. The van der Waals surface area contributed by atoms with Crippen LogP contribution in [0.3, 0.4) is 0 Å². The van der Waals surface area contributed by atoms with Gasteiger partial charge < -0.3 is 9.42 Å². The first-order valence-electron chi connectivity index (χ1n) is 8.79. The normalized spacial score (nSPS) is 17.3. The first-order valence-corrected chi connectivity index (χ1v) is 8.79. The predicted octanol–water partition coefficient (Wildman–Crippen LogP) is 2.56. The Labute approximate surface area is 155 Å². The summed E-state index contributed by atoms with van der Waals surface area (Å²) in [4.78, 5) is 18.6. The Hall–Kier alpha value is -3.10. The molecule has 0 N–H and O–H groups in total. The van der Waals surface area contributed by atoms with E-state index in [-0.39, 0.29) is 17.8 Å². The molecule has 1 aliphatic rings. The molecule has 0 spiro atoms. The zero-order chi connectivity index (χ0) is 19.0. The van der Waals surface area contributed by atoms with E-state index in [0.717, 1.165) is 12.8 Å². The van der Waals surface area contributed by atoms with Crippen LogP contribution in [-0.4, -0.2) is 49.0 Å². The molecule has 140 valence electrons. The molecule has 9 heteroatoms. The van der Waals surface area contributed by atoms with Crippen molar-refractivity contribution in [2.45, 2.75) is 32.7 Å². The van der Waals surface area contributed by atoms with Gasteiger partial charge >= 0.3 is 0 Å². The third kappa shape index (κ3) is 3.44. The van der Waals surface area contributed by atoms with Gasteiger partial charge in [0.25, 0.3) is 11.8 Å². The van der Waals surface area contributed by atoms with Crippen molar-refractivity contribution in [3.05, 3.63) is 47.2 Å². The number of benzene rings is 1. The summed E-state index contributed by atoms with van der Waals surface area (Å²) in [5.74, 6) is 0.300. The molecule has 8 nitrogen and oxygen atoms in total. The number of carbonyl (C=O) groups excluding carboxylic acids is 1. The van der Waals surface area contributed by atoms with E-state index in [0.29, 0.717) is 41.6 Å². The number of rotatable bonds is 3. The van der Waals surface area contributed by atoms with Gasteiger partial charge in [-0.25, -0.2) is 9.07 Å². The van der Waals surface area contributed by atoms with Gasteiger partial charge in [0.2, 0.25) is 0 Å². The van der Waals surface area contributed by atoms with Gasteiger partial charge in [0, 0.05) is 18.7 Å². The number of hydrogen-bond donors (Lipinski definition) is 0. The van der Waals surface area contributed by atoms with E-state index in [9.17, 15) is 9.18 Å². The molecule has 3 heterocycles. The van der Waals surface area contributed by atoms with Gasteiger partial charge in [-0.2, -0.15) is 4.98 Å². The Morgan fingerprint density at radius 1 is 1.33 bits per heavy atom. The van der Waals surface area contributed by atoms with Crippen LogP contribution in [-0.2, 0) is 0 Å². The summed E-state index contributed by atoms with van der Waals surface area (Å²) in [6.07, 6.45) is 3.45. The number of hydrogen-bond acceptors (Lipinski definition) is 6. The molecule has 27 heavy (non-hydrogen) atoms. The smallest absolute Gasteiger partial charge is 0.280 e. The molecule has 3 aromatic rings. The summed E-state index contributed by atoms with van der Waals surface area (Å²) in [7, 11) is 0. The molecule has 1 unspecified atom stereocenters. The van der Waals surface area contributed by atoms with Crippen molar-refractivity contribution < 1.29 is 13.7 Å². The predicted molar refractivity (Wildman–Crippen MR) is 93.4 cm³/mol. The minimum absolute atomic E-state index is 0.0109. The summed E-state index contributed by atoms with van der Waals surface area (Å²) in [5.41, 5.74) is 1.38. The fourth-order valence-corrected chi connectivity index (χ4v) is 3.22. The zero-order valence-corrected chi connectivity index (χ0v) is 15.1. The van der Waals surface area contributed by atoms with Crippen LogP contribution in [0.25, 0.3) is 11.6 Å². The quantitative estimate of drug-likeness (QED) is 0.704. The Balaban J connectivity index is 1.50. The van der Waals surface area contributed by atoms with E-state index in [1.807, 2.05) is 0 Å². The average molecular weight is 370 g/mol. The topological polar surface area (TPSA) is 89.9 Å². The minimum atomic E-state index is -0.370. The van der Waals surface area contributed by atoms with E-state index in [1.165, 1.54) is 6.07 Å². The second-order valence-electron chi connectivity index (χ2n) is 6.74. The molecule has 0 radical (unpaired) electrons. The third-order valence-electron chi connectivity index (χ3n) is 4.73. The number of nitrogens with zero attached hydrogens (tertiary/aromatic N) is 6. The van der Waals surface area contributed by atoms with Gasteiger partial charge in [-0.1, -0.05) is 16.4 Å². The number of aromatic nitrogens is 5. The van der Waals surface area contributed by atoms with Crippen LogP contribution in [0.4, 0.5) is 4.39 Å².